The number of carbonyl (C=O) groups is 1. The first-order valence-electron chi connectivity index (χ1n) is 4.39. The molecule has 0 aliphatic heterocycles. The van der Waals surface area contributed by atoms with Crippen LogP contribution in [0.3, 0.4) is 0 Å². The Labute approximate surface area is 73.5 Å². The van der Waals surface area contributed by atoms with Gasteiger partial charge in [0.1, 0.15) is 0 Å². The second kappa shape index (κ2) is 8.11. The molecule has 0 aromatic heterocycles. The molecule has 0 heterocycles. The van der Waals surface area contributed by atoms with E-state index in [1.54, 1.807) is 0 Å². The lowest BCUT2D eigenvalue weighted by molar-refractivity contribution is 0.194. The maximum absolute atomic E-state index is 10.0. The third kappa shape index (κ3) is 9.01. The Kier molecular flexibility index (Phi) is 7.44. The van der Waals surface area contributed by atoms with Crippen LogP contribution in [0.5, 0.6) is 0 Å². The largest absolute Gasteiger partial charge is 0.465 e. The maximum atomic E-state index is 10.0. The summed E-state index contributed by atoms with van der Waals surface area (Å²) >= 11 is 0. The Morgan fingerprint density at radius 1 is 1.42 bits per heavy atom. The summed E-state index contributed by atoms with van der Waals surface area (Å²) in [5.41, 5.74) is 0. The van der Waals surface area contributed by atoms with Gasteiger partial charge in [-0.1, -0.05) is 19.1 Å². The van der Waals surface area contributed by atoms with Crippen molar-refractivity contribution < 1.29 is 9.90 Å². The average Bonchev–Trinajstić information content (AvgIpc) is 2.02. The number of unbranched alkanes of at least 4 members (excludes halogenated alkanes) is 2. The van der Waals surface area contributed by atoms with Crippen molar-refractivity contribution in [2.45, 2.75) is 32.6 Å². The molecule has 0 saturated heterocycles. The van der Waals surface area contributed by atoms with Crippen LogP contribution in [0, 0.1) is 0 Å². The van der Waals surface area contributed by atoms with Crippen LogP contribution in [0.15, 0.2) is 12.2 Å². The topological polar surface area (TPSA) is 49.3 Å². The first-order valence-corrected chi connectivity index (χ1v) is 4.39. The van der Waals surface area contributed by atoms with E-state index in [0.717, 1.165) is 25.7 Å². The van der Waals surface area contributed by atoms with Gasteiger partial charge < -0.3 is 10.4 Å². The number of hydrogen-bond acceptors (Lipinski definition) is 1. The van der Waals surface area contributed by atoms with Crippen molar-refractivity contribution in [3.05, 3.63) is 12.2 Å². The lowest BCUT2D eigenvalue weighted by Gasteiger charge is -1.97. The van der Waals surface area contributed by atoms with E-state index in [2.05, 4.69) is 24.4 Å². The van der Waals surface area contributed by atoms with Crippen LogP contribution >= 0.6 is 0 Å². The SMILES string of the molecule is CCC=CCCCCNC(=O)O. The van der Waals surface area contributed by atoms with Gasteiger partial charge in [-0.3, -0.25) is 0 Å². The van der Waals surface area contributed by atoms with Gasteiger partial charge in [0, 0.05) is 6.54 Å². The fourth-order valence-corrected chi connectivity index (χ4v) is 0.867. The van der Waals surface area contributed by atoms with E-state index < -0.39 is 6.09 Å². The standard InChI is InChI=1S/C9H17NO2/c1-2-3-4-5-6-7-8-10-9(11)12/h3-4,10H,2,5-8H2,1H3,(H,11,12). The van der Waals surface area contributed by atoms with Crippen molar-refractivity contribution in [3.8, 4) is 0 Å². The molecule has 0 fully saturated rings. The van der Waals surface area contributed by atoms with Crippen LogP contribution < -0.4 is 5.32 Å². The molecule has 0 aromatic rings. The highest BCUT2D eigenvalue weighted by Gasteiger charge is 1.91. The van der Waals surface area contributed by atoms with Gasteiger partial charge in [-0.2, -0.15) is 0 Å². The van der Waals surface area contributed by atoms with Crippen molar-refractivity contribution >= 4 is 6.09 Å². The molecule has 12 heavy (non-hydrogen) atoms. The molecule has 0 spiro atoms. The molecule has 3 heteroatoms. The Morgan fingerprint density at radius 2 is 2.17 bits per heavy atom. The number of allylic oxidation sites excluding steroid dienone is 2. The van der Waals surface area contributed by atoms with Gasteiger partial charge in [0.05, 0.1) is 0 Å². The van der Waals surface area contributed by atoms with E-state index >= 15 is 0 Å². The van der Waals surface area contributed by atoms with E-state index in [-0.39, 0.29) is 0 Å². The van der Waals surface area contributed by atoms with Gasteiger partial charge in [-0.05, 0) is 25.7 Å². The molecule has 0 unspecified atom stereocenters. The molecule has 0 aliphatic carbocycles. The summed E-state index contributed by atoms with van der Waals surface area (Å²) < 4.78 is 0. The van der Waals surface area contributed by atoms with E-state index in [0.29, 0.717) is 6.54 Å². The van der Waals surface area contributed by atoms with Gasteiger partial charge in [0.15, 0.2) is 0 Å². The summed E-state index contributed by atoms with van der Waals surface area (Å²) in [6, 6.07) is 0. The third-order valence-corrected chi connectivity index (χ3v) is 1.48. The van der Waals surface area contributed by atoms with Crippen molar-refractivity contribution in [1.82, 2.24) is 5.32 Å². The van der Waals surface area contributed by atoms with Crippen LogP contribution in [-0.4, -0.2) is 17.7 Å². The smallest absolute Gasteiger partial charge is 0.404 e. The third-order valence-electron chi connectivity index (χ3n) is 1.48. The van der Waals surface area contributed by atoms with E-state index in [4.69, 9.17) is 5.11 Å². The first kappa shape index (κ1) is 11.0. The Morgan fingerprint density at radius 3 is 2.75 bits per heavy atom. The summed E-state index contributed by atoms with van der Waals surface area (Å²) in [6.07, 6.45) is 7.43. The molecule has 0 bridgehead atoms. The van der Waals surface area contributed by atoms with Gasteiger partial charge in [-0.25, -0.2) is 4.79 Å². The van der Waals surface area contributed by atoms with Crippen molar-refractivity contribution in [2.75, 3.05) is 6.54 Å². The summed E-state index contributed by atoms with van der Waals surface area (Å²) in [5.74, 6) is 0. The normalized spacial score (nSPS) is 10.4. The van der Waals surface area contributed by atoms with Crippen LogP contribution in [0.2, 0.25) is 0 Å². The summed E-state index contributed by atoms with van der Waals surface area (Å²) in [7, 11) is 0. The van der Waals surface area contributed by atoms with Gasteiger partial charge in [0.2, 0.25) is 0 Å². The molecule has 0 aliphatic rings. The zero-order valence-electron chi connectivity index (χ0n) is 7.55. The highest BCUT2D eigenvalue weighted by atomic mass is 16.4. The number of rotatable bonds is 6. The van der Waals surface area contributed by atoms with E-state index in [1.807, 2.05) is 0 Å². The molecule has 0 rings (SSSR count). The van der Waals surface area contributed by atoms with Gasteiger partial charge in [0.25, 0.3) is 0 Å². The molecule has 70 valence electrons. The lowest BCUT2D eigenvalue weighted by atomic mass is 10.2. The lowest BCUT2D eigenvalue weighted by Crippen LogP contribution is -2.21. The molecular weight excluding hydrogens is 154 g/mol. The summed E-state index contributed by atoms with van der Waals surface area (Å²) in [5, 5.41) is 10.6. The number of nitrogens with one attached hydrogen (secondary N) is 1. The second-order valence-electron chi connectivity index (χ2n) is 2.61. The van der Waals surface area contributed by atoms with E-state index in [9.17, 15) is 4.79 Å². The molecule has 0 atom stereocenters. The number of carboxylic acid groups (broad SMARTS) is 1. The first-order chi connectivity index (χ1) is 5.77. The van der Waals surface area contributed by atoms with Crippen LogP contribution in [-0.2, 0) is 0 Å². The number of amides is 1. The van der Waals surface area contributed by atoms with Crippen molar-refractivity contribution in [1.29, 1.82) is 0 Å². The number of hydrogen-bond donors (Lipinski definition) is 2. The minimum atomic E-state index is -0.931. The Hall–Kier alpha value is -0.990. The van der Waals surface area contributed by atoms with Gasteiger partial charge >= 0.3 is 6.09 Å². The predicted octanol–water partition coefficient (Wildman–Crippen LogP) is 2.39. The quantitative estimate of drug-likeness (QED) is 0.476. The molecule has 0 aromatic carbocycles. The van der Waals surface area contributed by atoms with Crippen molar-refractivity contribution in [2.24, 2.45) is 0 Å². The maximum Gasteiger partial charge on any atom is 0.404 e. The minimum Gasteiger partial charge on any atom is -0.465 e. The van der Waals surface area contributed by atoms with Gasteiger partial charge in [-0.15, -0.1) is 0 Å². The molecule has 1 amide bonds. The fourth-order valence-electron chi connectivity index (χ4n) is 0.867. The molecule has 0 radical (unpaired) electrons. The molecule has 2 N–H and O–H groups in total. The Bertz CT molecular complexity index is 143. The minimum absolute atomic E-state index is 0.565. The summed E-state index contributed by atoms with van der Waals surface area (Å²) in [6.45, 7) is 2.66. The highest BCUT2D eigenvalue weighted by Crippen LogP contribution is 1.95. The molecule has 0 saturated carbocycles. The molecule has 3 nitrogen and oxygen atoms in total. The molecular formula is C9H17NO2. The van der Waals surface area contributed by atoms with Crippen LogP contribution in [0.4, 0.5) is 4.79 Å². The van der Waals surface area contributed by atoms with Crippen LogP contribution in [0.1, 0.15) is 32.6 Å². The fraction of sp³-hybridized carbons (Fsp3) is 0.667. The zero-order chi connectivity index (χ0) is 9.23. The van der Waals surface area contributed by atoms with Crippen LogP contribution in [0.25, 0.3) is 0 Å². The summed E-state index contributed by atoms with van der Waals surface area (Å²) in [4.78, 5) is 10.0. The highest BCUT2D eigenvalue weighted by molar-refractivity contribution is 5.64. The average molecular weight is 171 g/mol. The second-order valence-corrected chi connectivity index (χ2v) is 2.61. The monoisotopic (exact) mass is 171 g/mol. The predicted molar refractivity (Wildman–Crippen MR) is 49.3 cm³/mol. The zero-order valence-corrected chi connectivity index (χ0v) is 7.55. The Balaban J connectivity index is 3.00. The van der Waals surface area contributed by atoms with E-state index in [1.165, 1.54) is 0 Å². The van der Waals surface area contributed by atoms with Crippen molar-refractivity contribution in [3.63, 3.8) is 0 Å².